The molecule has 1 aliphatic heterocycles. The zero-order valence-corrected chi connectivity index (χ0v) is 6.98. The van der Waals surface area contributed by atoms with Gasteiger partial charge in [0, 0.05) is 0 Å². The maximum absolute atomic E-state index is 9.22. The molecule has 0 bridgehead atoms. The summed E-state index contributed by atoms with van der Waals surface area (Å²) in [6.45, 7) is 1.68. The van der Waals surface area contributed by atoms with Gasteiger partial charge in [-0.25, -0.2) is 0 Å². The van der Waals surface area contributed by atoms with Crippen LogP contribution in [0.5, 0.6) is 0 Å². The van der Waals surface area contributed by atoms with Crippen molar-refractivity contribution in [2.45, 2.75) is 36.8 Å². The van der Waals surface area contributed by atoms with Gasteiger partial charge in [0.15, 0.2) is 6.29 Å². The minimum absolute atomic E-state index is 0.355. The topological polar surface area (TPSA) is 69.9 Å². The highest BCUT2D eigenvalue weighted by Crippen LogP contribution is 2.22. The van der Waals surface area contributed by atoms with E-state index >= 15 is 0 Å². The summed E-state index contributed by atoms with van der Waals surface area (Å²) in [6, 6.07) is 0. The van der Waals surface area contributed by atoms with Gasteiger partial charge < -0.3 is 20.1 Å². The van der Waals surface area contributed by atoms with E-state index < -0.39 is 23.7 Å². The molecule has 11 heavy (non-hydrogen) atoms. The first-order valence-corrected chi connectivity index (χ1v) is 3.93. The van der Waals surface area contributed by atoms with E-state index in [4.69, 9.17) is 14.9 Å². The molecule has 3 N–H and O–H groups in total. The van der Waals surface area contributed by atoms with Gasteiger partial charge in [0.1, 0.15) is 6.10 Å². The minimum atomic E-state index is -1.30. The van der Waals surface area contributed by atoms with Crippen LogP contribution < -0.4 is 0 Å². The summed E-state index contributed by atoms with van der Waals surface area (Å²) in [6.07, 6.45) is -3.94. The Bertz CT molecular complexity index is 129. The molecule has 0 spiro atoms. The van der Waals surface area contributed by atoms with Crippen LogP contribution in [0.15, 0.2) is 0 Å². The molecule has 1 unspecified atom stereocenters. The molecule has 5 atom stereocenters. The van der Waals surface area contributed by atoms with Crippen molar-refractivity contribution in [3.05, 3.63) is 0 Å². The van der Waals surface area contributed by atoms with Gasteiger partial charge in [-0.1, -0.05) is 0 Å². The van der Waals surface area contributed by atoms with Crippen molar-refractivity contribution < 1.29 is 20.1 Å². The second kappa shape index (κ2) is 3.28. The number of aliphatic hydroxyl groups is 3. The molecule has 1 heterocycles. The molecule has 4 nitrogen and oxygen atoms in total. The predicted molar refractivity (Wildman–Crippen MR) is 41.3 cm³/mol. The van der Waals surface area contributed by atoms with Crippen LogP contribution in [0.3, 0.4) is 0 Å². The van der Waals surface area contributed by atoms with E-state index in [0.717, 1.165) is 0 Å². The summed E-state index contributed by atoms with van der Waals surface area (Å²) < 4.78 is 4.85. The van der Waals surface area contributed by atoms with Crippen molar-refractivity contribution >= 4 is 12.6 Å². The summed E-state index contributed by atoms with van der Waals surface area (Å²) in [5, 5.41) is 26.8. The monoisotopic (exact) mass is 180 g/mol. The van der Waals surface area contributed by atoms with Crippen LogP contribution in [0.4, 0.5) is 0 Å². The van der Waals surface area contributed by atoms with Crippen molar-refractivity contribution in [1.82, 2.24) is 0 Å². The molecule has 1 saturated heterocycles. The second-order valence-electron chi connectivity index (χ2n) is 2.70. The average Bonchev–Trinajstić information content (AvgIpc) is 1.97. The van der Waals surface area contributed by atoms with Gasteiger partial charge in [-0.15, -0.1) is 0 Å². The Hall–Kier alpha value is 0.190. The maximum atomic E-state index is 9.22. The Morgan fingerprint density at radius 3 is 2.27 bits per heavy atom. The Morgan fingerprint density at radius 1 is 1.18 bits per heavy atom. The molecule has 5 heteroatoms. The van der Waals surface area contributed by atoms with Crippen molar-refractivity contribution in [2.75, 3.05) is 0 Å². The third kappa shape index (κ3) is 1.68. The van der Waals surface area contributed by atoms with Crippen molar-refractivity contribution in [2.24, 2.45) is 0 Å². The van der Waals surface area contributed by atoms with Gasteiger partial charge in [0.05, 0.1) is 17.5 Å². The molecular formula is C6H12O4S. The smallest absolute Gasteiger partial charge is 0.183 e. The molecule has 1 rings (SSSR count). The number of rotatable bonds is 0. The number of thiol groups is 1. The Morgan fingerprint density at radius 2 is 1.73 bits per heavy atom. The van der Waals surface area contributed by atoms with E-state index in [-0.39, 0.29) is 6.10 Å². The van der Waals surface area contributed by atoms with E-state index in [1.807, 2.05) is 0 Å². The van der Waals surface area contributed by atoms with Gasteiger partial charge in [0.2, 0.25) is 0 Å². The van der Waals surface area contributed by atoms with E-state index in [2.05, 4.69) is 12.6 Å². The lowest BCUT2D eigenvalue weighted by Crippen LogP contribution is -2.54. The first kappa shape index (κ1) is 9.28. The van der Waals surface area contributed by atoms with E-state index in [1.54, 1.807) is 6.92 Å². The Labute approximate surface area is 70.2 Å². The standard InChI is InChI=1S/C6H12O4S/c1-2-5(11)3(7)4(8)6(9)10-2/h2-9,11H,1H3/t2-,3-,4-,5+,6?/m1/s1. The first-order chi connectivity index (χ1) is 5.04. The zero-order chi connectivity index (χ0) is 8.59. The van der Waals surface area contributed by atoms with Gasteiger partial charge in [0.25, 0.3) is 0 Å². The van der Waals surface area contributed by atoms with Gasteiger partial charge in [-0.05, 0) is 6.92 Å². The summed E-state index contributed by atoms with van der Waals surface area (Å²) in [4.78, 5) is 0. The van der Waals surface area contributed by atoms with Gasteiger partial charge in [-0.2, -0.15) is 12.6 Å². The maximum Gasteiger partial charge on any atom is 0.183 e. The number of ether oxygens (including phenoxy) is 1. The van der Waals surface area contributed by atoms with Crippen LogP contribution in [0.1, 0.15) is 6.92 Å². The normalized spacial score (nSPS) is 52.6. The predicted octanol–water partition coefficient (Wildman–Crippen LogP) is -1.26. The number of hydrogen-bond donors (Lipinski definition) is 4. The molecule has 0 aromatic carbocycles. The van der Waals surface area contributed by atoms with Crippen LogP contribution in [-0.4, -0.2) is 45.2 Å². The van der Waals surface area contributed by atoms with Gasteiger partial charge in [-0.3, -0.25) is 0 Å². The second-order valence-corrected chi connectivity index (χ2v) is 3.30. The molecule has 0 saturated carbocycles. The fraction of sp³-hybridized carbons (Fsp3) is 1.00. The number of aliphatic hydroxyl groups excluding tert-OH is 3. The molecule has 1 aliphatic rings. The highest BCUT2D eigenvalue weighted by atomic mass is 32.1. The fourth-order valence-electron chi connectivity index (χ4n) is 1.03. The quantitative estimate of drug-likeness (QED) is 0.351. The van der Waals surface area contributed by atoms with E-state index in [1.165, 1.54) is 0 Å². The molecule has 0 aromatic rings. The molecule has 0 radical (unpaired) electrons. The molecule has 0 aromatic heterocycles. The summed E-state index contributed by atoms with van der Waals surface area (Å²) >= 11 is 4.00. The molecule has 1 fully saturated rings. The molecular weight excluding hydrogens is 168 g/mol. The highest BCUT2D eigenvalue weighted by Gasteiger charge is 2.39. The van der Waals surface area contributed by atoms with Crippen LogP contribution >= 0.6 is 12.6 Å². The fourth-order valence-corrected chi connectivity index (χ4v) is 1.28. The lowest BCUT2D eigenvalue weighted by atomic mass is 10.0. The lowest BCUT2D eigenvalue weighted by Gasteiger charge is -2.37. The average molecular weight is 180 g/mol. The van der Waals surface area contributed by atoms with E-state index in [9.17, 15) is 5.11 Å². The lowest BCUT2D eigenvalue weighted by molar-refractivity contribution is -0.239. The van der Waals surface area contributed by atoms with Crippen LogP contribution in [-0.2, 0) is 4.74 Å². The summed E-state index contributed by atoms with van der Waals surface area (Å²) in [7, 11) is 0. The van der Waals surface area contributed by atoms with Crippen molar-refractivity contribution in [3.63, 3.8) is 0 Å². The van der Waals surface area contributed by atoms with Crippen molar-refractivity contribution in [1.29, 1.82) is 0 Å². The third-order valence-corrected chi connectivity index (χ3v) is 2.55. The summed E-state index contributed by atoms with van der Waals surface area (Å²) in [5.41, 5.74) is 0. The molecule has 0 aliphatic carbocycles. The number of hydrogen-bond acceptors (Lipinski definition) is 5. The molecule has 66 valence electrons. The molecule has 0 amide bonds. The van der Waals surface area contributed by atoms with Crippen LogP contribution in [0, 0.1) is 0 Å². The Balaban J connectivity index is 2.63. The van der Waals surface area contributed by atoms with E-state index in [0.29, 0.717) is 0 Å². The van der Waals surface area contributed by atoms with Gasteiger partial charge >= 0.3 is 0 Å². The minimum Gasteiger partial charge on any atom is -0.389 e. The first-order valence-electron chi connectivity index (χ1n) is 3.41. The largest absolute Gasteiger partial charge is 0.389 e. The zero-order valence-electron chi connectivity index (χ0n) is 6.08. The SMILES string of the molecule is C[C@H]1OC(O)[C@H](O)[C@@H](O)[C@H]1S. The van der Waals surface area contributed by atoms with Crippen LogP contribution in [0.25, 0.3) is 0 Å². The highest BCUT2D eigenvalue weighted by molar-refractivity contribution is 7.81. The summed E-state index contributed by atoms with van der Waals surface area (Å²) in [5.74, 6) is 0. The van der Waals surface area contributed by atoms with Crippen LogP contribution in [0.2, 0.25) is 0 Å². The third-order valence-electron chi connectivity index (χ3n) is 1.83. The Kier molecular flexibility index (Phi) is 2.77. The van der Waals surface area contributed by atoms with Crippen molar-refractivity contribution in [3.8, 4) is 0 Å².